The second-order valence-corrected chi connectivity index (χ2v) is 4.55. The summed E-state index contributed by atoms with van der Waals surface area (Å²) in [5.41, 5.74) is 0. The largest absolute Gasteiger partial charge is 0.381 e. The van der Waals surface area contributed by atoms with Gasteiger partial charge in [-0.1, -0.05) is 33.1 Å². The Balaban J connectivity index is 1.96. The van der Waals surface area contributed by atoms with Crippen molar-refractivity contribution < 1.29 is 4.74 Å². The van der Waals surface area contributed by atoms with Crippen molar-refractivity contribution in [3.8, 4) is 0 Å². The minimum atomic E-state index is 0.869. The molecule has 0 bridgehead atoms. The van der Waals surface area contributed by atoms with Gasteiger partial charge in [0.1, 0.15) is 0 Å². The first kappa shape index (κ1) is 11.0. The molecule has 78 valence electrons. The summed E-state index contributed by atoms with van der Waals surface area (Å²) in [5.74, 6) is 1.83. The van der Waals surface area contributed by atoms with Crippen molar-refractivity contribution in [3.63, 3.8) is 0 Å². The van der Waals surface area contributed by atoms with Gasteiger partial charge in [0.2, 0.25) is 0 Å². The number of hydrogen-bond acceptors (Lipinski definition) is 1. The highest BCUT2D eigenvalue weighted by atomic mass is 16.5. The van der Waals surface area contributed by atoms with E-state index in [9.17, 15) is 0 Å². The third-order valence-corrected chi connectivity index (χ3v) is 3.13. The molecule has 1 aliphatic rings. The average Bonchev–Trinajstić information content (AvgIpc) is 2.15. The van der Waals surface area contributed by atoms with Crippen LogP contribution >= 0.6 is 0 Å². The number of unbranched alkanes of at least 4 members (excludes halogenated alkanes) is 1. The fourth-order valence-electron chi connectivity index (χ4n) is 1.99. The molecule has 0 radical (unpaired) electrons. The van der Waals surface area contributed by atoms with Crippen LogP contribution in [-0.2, 0) is 4.74 Å². The second-order valence-electron chi connectivity index (χ2n) is 4.55. The fourth-order valence-corrected chi connectivity index (χ4v) is 1.99. The van der Waals surface area contributed by atoms with Crippen molar-refractivity contribution >= 4 is 0 Å². The molecule has 1 rings (SSSR count). The molecule has 13 heavy (non-hydrogen) atoms. The minimum absolute atomic E-state index is 0.869. The van der Waals surface area contributed by atoms with Crippen LogP contribution in [0.3, 0.4) is 0 Å². The maximum atomic E-state index is 5.65. The molecule has 1 nitrogen and oxygen atoms in total. The summed E-state index contributed by atoms with van der Waals surface area (Å²) in [6.07, 6.45) is 8.11. The van der Waals surface area contributed by atoms with Gasteiger partial charge in [-0.2, -0.15) is 0 Å². The molecule has 0 saturated heterocycles. The van der Waals surface area contributed by atoms with Gasteiger partial charge in [0.05, 0.1) is 0 Å². The molecule has 0 aliphatic heterocycles. The van der Waals surface area contributed by atoms with E-state index in [1.165, 1.54) is 38.5 Å². The summed E-state index contributed by atoms with van der Waals surface area (Å²) in [6.45, 7) is 6.58. The lowest BCUT2D eigenvalue weighted by Gasteiger charge is -2.25. The molecule has 1 saturated carbocycles. The third-order valence-electron chi connectivity index (χ3n) is 3.13. The van der Waals surface area contributed by atoms with Gasteiger partial charge in [-0.3, -0.25) is 0 Å². The van der Waals surface area contributed by atoms with Crippen LogP contribution < -0.4 is 0 Å². The zero-order valence-corrected chi connectivity index (χ0v) is 9.22. The van der Waals surface area contributed by atoms with Gasteiger partial charge < -0.3 is 4.74 Å². The monoisotopic (exact) mass is 184 g/mol. The summed E-state index contributed by atoms with van der Waals surface area (Å²) >= 11 is 0. The molecular weight excluding hydrogens is 160 g/mol. The summed E-state index contributed by atoms with van der Waals surface area (Å²) in [7, 11) is 0. The summed E-state index contributed by atoms with van der Waals surface area (Å²) in [4.78, 5) is 0. The third kappa shape index (κ3) is 4.66. The van der Waals surface area contributed by atoms with E-state index in [-0.39, 0.29) is 0 Å². The van der Waals surface area contributed by atoms with E-state index in [1.807, 2.05) is 0 Å². The van der Waals surface area contributed by atoms with E-state index in [0.29, 0.717) is 0 Å². The van der Waals surface area contributed by atoms with E-state index < -0.39 is 0 Å². The van der Waals surface area contributed by atoms with Crippen LogP contribution in [0.25, 0.3) is 0 Å². The zero-order valence-electron chi connectivity index (χ0n) is 9.22. The maximum Gasteiger partial charge on any atom is 0.0494 e. The lowest BCUT2D eigenvalue weighted by molar-refractivity contribution is 0.0774. The van der Waals surface area contributed by atoms with Crippen LogP contribution in [0.5, 0.6) is 0 Å². The quantitative estimate of drug-likeness (QED) is 0.593. The van der Waals surface area contributed by atoms with Gasteiger partial charge in [0.15, 0.2) is 0 Å². The Morgan fingerprint density at radius 2 is 1.85 bits per heavy atom. The van der Waals surface area contributed by atoms with E-state index in [1.54, 1.807) is 0 Å². The van der Waals surface area contributed by atoms with Gasteiger partial charge in [-0.05, 0) is 31.1 Å². The van der Waals surface area contributed by atoms with Crippen LogP contribution in [0.4, 0.5) is 0 Å². The number of rotatable bonds is 5. The second kappa shape index (κ2) is 6.42. The fraction of sp³-hybridized carbons (Fsp3) is 1.00. The SMILES string of the molecule is CCCCOCC1CCC(C)CC1. The topological polar surface area (TPSA) is 9.23 Å². The predicted molar refractivity (Wildman–Crippen MR) is 56.8 cm³/mol. The van der Waals surface area contributed by atoms with Gasteiger partial charge >= 0.3 is 0 Å². The van der Waals surface area contributed by atoms with Crippen molar-refractivity contribution in [2.24, 2.45) is 11.8 Å². The van der Waals surface area contributed by atoms with E-state index >= 15 is 0 Å². The van der Waals surface area contributed by atoms with Crippen LogP contribution in [0.2, 0.25) is 0 Å². The van der Waals surface area contributed by atoms with Gasteiger partial charge in [-0.15, -0.1) is 0 Å². The Morgan fingerprint density at radius 3 is 2.46 bits per heavy atom. The first-order valence-corrected chi connectivity index (χ1v) is 5.90. The molecule has 0 spiro atoms. The molecular formula is C12H24O. The first-order chi connectivity index (χ1) is 6.33. The molecule has 0 aromatic rings. The molecule has 0 amide bonds. The van der Waals surface area contributed by atoms with Gasteiger partial charge in [0, 0.05) is 13.2 Å². The molecule has 0 heterocycles. The zero-order chi connectivity index (χ0) is 9.52. The van der Waals surface area contributed by atoms with Crippen LogP contribution in [0.15, 0.2) is 0 Å². The Morgan fingerprint density at radius 1 is 1.15 bits per heavy atom. The molecule has 0 atom stereocenters. The molecule has 0 N–H and O–H groups in total. The Labute approximate surface area is 82.9 Å². The Bertz CT molecular complexity index is 114. The van der Waals surface area contributed by atoms with E-state index in [2.05, 4.69) is 13.8 Å². The normalized spacial score (nSPS) is 29.1. The summed E-state index contributed by atoms with van der Waals surface area (Å²) < 4.78 is 5.65. The average molecular weight is 184 g/mol. The Hall–Kier alpha value is -0.0400. The van der Waals surface area contributed by atoms with Crippen molar-refractivity contribution in [2.75, 3.05) is 13.2 Å². The van der Waals surface area contributed by atoms with E-state index in [0.717, 1.165) is 25.0 Å². The van der Waals surface area contributed by atoms with Crippen molar-refractivity contribution in [2.45, 2.75) is 52.4 Å². The minimum Gasteiger partial charge on any atom is -0.381 e. The van der Waals surface area contributed by atoms with Crippen LogP contribution in [-0.4, -0.2) is 13.2 Å². The molecule has 0 aromatic heterocycles. The highest BCUT2D eigenvalue weighted by Crippen LogP contribution is 2.28. The first-order valence-electron chi connectivity index (χ1n) is 5.90. The Kier molecular flexibility index (Phi) is 5.45. The molecule has 1 heteroatoms. The van der Waals surface area contributed by atoms with Gasteiger partial charge in [0.25, 0.3) is 0 Å². The lowest BCUT2D eigenvalue weighted by Crippen LogP contribution is -2.17. The molecule has 0 unspecified atom stereocenters. The highest BCUT2D eigenvalue weighted by molar-refractivity contribution is 4.69. The van der Waals surface area contributed by atoms with Crippen molar-refractivity contribution in [3.05, 3.63) is 0 Å². The highest BCUT2D eigenvalue weighted by Gasteiger charge is 2.17. The standard InChI is InChI=1S/C12H24O/c1-3-4-9-13-10-12-7-5-11(2)6-8-12/h11-12H,3-10H2,1-2H3. The number of hydrogen-bond donors (Lipinski definition) is 0. The lowest BCUT2D eigenvalue weighted by atomic mass is 9.83. The number of ether oxygens (including phenoxy) is 1. The van der Waals surface area contributed by atoms with Crippen LogP contribution in [0, 0.1) is 11.8 Å². The maximum absolute atomic E-state index is 5.65. The predicted octanol–water partition coefficient (Wildman–Crippen LogP) is 3.63. The molecule has 0 aromatic carbocycles. The molecule has 1 fully saturated rings. The smallest absolute Gasteiger partial charge is 0.0494 e. The van der Waals surface area contributed by atoms with E-state index in [4.69, 9.17) is 4.74 Å². The molecule has 1 aliphatic carbocycles. The summed E-state index contributed by atoms with van der Waals surface area (Å²) in [6, 6.07) is 0. The van der Waals surface area contributed by atoms with Gasteiger partial charge in [-0.25, -0.2) is 0 Å². The van der Waals surface area contributed by atoms with Crippen molar-refractivity contribution in [1.29, 1.82) is 0 Å². The van der Waals surface area contributed by atoms with Crippen molar-refractivity contribution in [1.82, 2.24) is 0 Å². The summed E-state index contributed by atoms with van der Waals surface area (Å²) in [5, 5.41) is 0. The van der Waals surface area contributed by atoms with Crippen LogP contribution in [0.1, 0.15) is 52.4 Å².